The highest BCUT2D eigenvalue weighted by atomic mass is 19.1. The first-order valence-corrected chi connectivity index (χ1v) is 9.52. The summed E-state index contributed by atoms with van der Waals surface area (Å²) in [6.45, 7) is 2.09. The third kappa shape index (κ3) is 5.70. The fourth-order valence-corrected chi connectivity index (χ4v) is 3.19. The number of urea groups is 1. The largest absolute Gasteiger partial charge is 0.370 e. The molecule has 1 fully saturated rings. The van der Waals surface area contributed by atoms with Crippen molar-refractivity contribution in [3.63, 3.8) is 0 Å². The first-order valence-electron chi connectivity index (χ1n) is 9.52. The van der Waals surface area contributed by atoms with Crippen LogP contribution in [0.2, 0.25) is 0 Å². The highest BCUT2D eigenvalue weighted by Gasteiger charge is 2.15. The van der Waals surface area contributed by atoms with Crippen molar-refractivity contribution in [2.24, 2.45) is 0 Å². The summed E-state index contributed by atoms with van der Waals surface area (Å²) in [6, 6.07) is 13.1. The van der Waals surface area contributed by atoms with Gasteiger partial charge in [0.1, 0.15) is 5.82 Å². The van der Waals surface area contributed by atoms with E-state index in [2.05, 4.69) is 20.9 Å². The summed E-state index contributed by atoms with van der Waals surface area (Å²) in [7, 11) is 0. The van der Waals surface area contributed by atoms with Gasteiger partial charge in [-0.3, -0.25) is 4.79 Å². The molecule has 6 nitrogen and oxygen atoms in total. The number of nitrogens with zero attached hydrogens (tertiary/aromatic N) is 1. The van der Waals surface area contributed by atoms with Crippen molar-refractivity contribution in [3.05, 3.63) is 59.9 Å². The van der Waals surface area contributed by atoms with E-state index in [0.717, 1.165) is 42.9 Å². The molecule has 1 aliphatic heterocycles. The zero-order chi connectivity index (χ0) is 19.8. The second-order valence-corrected chi connectivity index (χ2v) is 6.78. The molecule has 3 amide bonds. The molecule has 0 atom stereocenters. The molecule has 148 valence electrons. The summed E-state index contributed by atoms with van der Waals surface area (Å²) in [6.07, 6.45) is 3.54. The molecule has 0 aromatic heterocycles. The molecule has 28 heavy (non-hydrogen) atoms. The van der Waals surface area contributed by atoms with E-state index < -0.39 is 6.03 Å². The second kappa shape index (κ2) is 9.73. The SMILES string of the molecule is O=C(CNC(=O)NCc1ccc(F)cc1)Nc1ccccc1N1CCCCC1. The zero-order valence-electron chi connectivity index (χ0n) is 15.7. The lowest BCUT2D eigenvalue weighted by Gasteiger charge is -2.30. The van der Waals surface area contributed by atoms with Gasteiger partial charge in [-0.15, -0.1) is 0 Å². The van der Waals surface area contributed by atoms with Crippen molar-refractivity contribution >= 4 is 23.3 Å². The van der Waals surface area contributed by atoms with Crippen LogP contribution in [0.1, 0.15) is 24.8 Å². The van der Waals surface area contributed by atoms with Crippen molar-refractivity contribution < 1.29 is 14.0 Å². The van der Waals surface area contributed by atoms with Crippen LogP contribution in [0, 0.1) is 5.82 Å². The lowest BCUT2D eigenvalue weighted by atomic mass is 10.1. The number of para-hydroxylation sites is 2. The van der Waals surface area contributed by atoms with Crippen molar-refractivity contribution in [1.29, 1.82) is 0 Å². The average molecular weight is 384 g/mol. The van der Waals surface area contributed by atoms with E-state index in [1.54, 1.807) is 12.1 Å². The topological polar surface area (TPSA) is 73.5 Å². The van der Waals surface area contributed by atoms with Crippen LogP contribution in [0.3, 0.4) is 0 Å². The fraction of sp³-hybridized carbons (Fsp3) is 0.333. The molecule has 3 rings (SSSR count). The van der Waals surface area contributed by atoms with E-state index >= 15 is 0 Å². The summed E-state index contributed by atoms with van der Waals surface area (Å²) < 4.78 is 12.9. The van der Waals surface area contributed by atoms with Gasteiger partial charge in [0.05, 0.1) is 17.9 Å². The third-order valence-corrected chi connectivity index (χ3v) is 4.65. The molecule has 7 heteroatoms. The third-order valence-electron chi connectivity index (χ3n) is 4.65. The maximum absolute atomic E-state index is 12.9. The first kappa shape index (κ1) is 19.7. The number of hydrogen-bond acceptors (Lipinski definition) is 3. The minimum atomic E-state index is -0.455. The van der Waals surface area contributed by atoms with E-state index in [1.165, 1.54) is 18.6 Å². The van der Waals surface area contributed by atoms with Crippen LogP contribution in [0.4, 0.5) is 20.6 Å². The number of carbonyl (C=O) groups excluding carboxylic acids is 2. The molecule has 0 bridgehead atoms. The van der Waals surface area contributed by atoms with Crippen molar-refractivity contribution in [2.45, 2.75) is 25.8 Å². The number of amides is 3. The van der Waals surface area contributed by atoms with Crippen molar-refractivity contribution in [2.75, 3.05) is 29.9 Å². The predicted octanol–water partition coefficient (Wildman–Crippen LogP) is 3.25. The normalized spacial score (nSPS) is 13.7. The minimum Gasteiger partial charge on any atom is -0.370 e. The van der Waals surface area contributed by atoms with Gasteiger partial charge in [0.15, 0.2) is 0 Å². The number of nitrogens with one attached hydrogen (secondary N) is 3. The van der Waals surface area contributed by atoms with Crippen molar-refractivity contribution in [3.8, 4) is 0 Å². The van der Waals surface area contributed by atoms with Gasteiger partial charge in [0.25, 0.3) is 0 Å². The number of carbonyl (C=O) groups is 2. The van der Waals surface area contributed by atoms with Gasteiger partial charge in [-0.25, -0.2) is 9.18 Å². The molecule has 2 aromatic rings. The molecule has 0 spiro atoms. The molecule has 1 saturated heterocycles. The van der Waals surface area contributed by atoms with Crippen LogP contribution < -0.4 is 20.9 Å². The van der Waals surface area contributed by atoms with Gasteiger partial charge in [0.2, 0.25) is 5.91 Å². The summed E-state index contributed by atoms with van der Waals surface area (Å²) in [5.74, 6) is -0.615. The molecule has 2 aromatic carbocycles. The van der Waals surface area contributed by atoms with Crippen LogP contribution in [0.5, 0.6) is 0 Å². The maximum Gasteiger partial charge on any atom is 0.315 e. The number of anilines is 2. The van der Waals surface area contributed by atoms with E-state index in [9.17, 15) is 14.0 Å². The fourth-order valence-electron chi connectivity index (χ4n) is 3.19. The number of hydrogen-bond donors (Lipinski definition) is 3. The average Bonchev–Trinajstić information content (AvgIpc) is 2.73. The Morgan fingerprint density at radius 1 is 0.929 bits per heavy atom. The number of halogens is 1. The van der Waals surface area contributed by atoms with Gasteiger partial charge < -0.3 is 20.9 Å². The Bertz CT molecular complexity index is 804. The molecular weight excluding hydrogens is 359 g/mol. The maximum atomic E-state index is 12.9. The Labute approximate surface area is 164 Å². The Morgan fingerprint density at radius 2 is 1.64 bits per heavy atom. The van der Waals surface area contributed by atoms with Crippen LogP contribution in [-0.4, -0.2) is 31.6 Å². The van der Waals surface area contributed by atoms with Crippen LogP contribution in [-0.2, 0) is 11.3 Å². The van der Waals surface area contributed by atoms with E-state index in [-0.39, 0.29) is 24.8 Å². The summed E-state index contributed by atoms with van der Waals surface area (Å²) in [5, 5.41) is 8.05. The molecular formula is C21H25FN4O2. The minimum absolute atomic E-state index is 0.135. The number of piperidine rings is 1. The van der Waals surface area contributed by atoms with Gasteiger partial charge in [-0.2, -0.15) is 0 Å². The summed E-state index contributed by atoms with van der Waals surface area (Å²) >= 11 is 0. The smallest absolute Gasteiger partial charge is 0.315 e. The zero-order valence-corrected chi connectivity index (χ0v) is 15.7. The van der Waals surface area contributed by atoms with Crippen LogP contribution in [0.25, 0.3) is 0 Å². The van der Waals surface area contributed by atoms with E-state index in [4.69, 9.17) is 0 Å². The Morgan fingerprint density at radius 3 is 2.39 bits per heavy atom. The standard InChI is InChI=1S/C21H25FN4O2/c22-17-10-8-16(9-11-17)14-23-21(28)24-15-20(27)25-18-6-2-3-7-19(18)26-12-4-1-5-13-26/h2-3,6-11H,1,4-5,12-15H2,(H,25,27)(H2,23,24,28). The first-order chi connectivity index (χ1) is 13.6. The van der Waals surface area contributed by atoms with Crippen LogP contribution >= 0.6 is 0 Å². The van der Waals surface area contributed by atoms with Gasteiger partial charge in [0, 0.05) is 19.6 Å². The van der Waals surface area contributed by atoms with E-state index in [1.807, 2.05) is 24.3 Å². The van der Waals surface area contributed by atoms with Gasteiger partial charge in [-0.05, 0) is 49.1 Å². The molecule has 1 aliphatic rings. The lowest BCUT2D eigenvalue weighted by molar-refractivity contribution is -0.115. The molecule has 0 saturated carbocycles. The highest BCUT2D eigenvalue weighted by Crippen LogP contribution is 2.28. The molecule has 0 radical (unpaired) electrons. The quantitative estimate of drug-likeness (QED) is 0.716. The van der Waals surface area contributed by atoms with Gasteiger partial charge in [-0.1, -0.05) is 24.3 Å². The predicted molar refractivity (Wildman–Crippen MR) is 108 cm³/mol. The highest BCUT2D eigenvalue weighted by molar-refractivity contribution is 5.97. The second-order valence-electron chi connectivity index (χ2n) is 6.78. The number of benzene rings is 2. The van der Waals surface area contributed by atoms with Gasteiger partial charge >= 0.3 is 6.03 Å². The molecule has 3 N–H and O–H groups in total. The lowest BCUT2D eigenvalue weighted by Crippen LogP contribution is -2.40. The monoisotopic (exact) mass is 384 g/mol. The Hall–Kier alpha value is -3.09. The van der Waals surface area contributed by atoms with Crippen LogP contribution in [0.15, 0.2) is 48.5 Å². The number of rotatable bonds is 6. The van der Waals surface area contributed by atoms with E-state index in [0.29, 0.717) is 0 Å². The molecule has 1 heterocycles. The van der Waals surface area contributed by atoms with Crippen molar-refractivity contribution in [1.82, 2.24) is 10.6 Å². The Balaban J connectivity index is 1.46. The summed E-state index contributed by atoms with van der Waals surface area (Å²) in [4.78, 5) is 26.4. The Kier molecular flexibility index (Phi) is 6.84. The summed E-state index contributed by atoms with van der Waals surface area (Å²) in [5.41, 5.74) is 2.54. The molecule has 0 unspecified atom stereocenters. The molecule has 0 aliphatic carbocycles.